The number of carboxylic acid groups (broad SMARTS) is 1. The quantitative estimate of drug-likeness (QED) is 0.483. The molecule has 0 radical (unpaired) electrons. The van der Waals surface area contributed by atoms with Crippen molar-refractivity contribution in [2.24, 2.45) is 5.73 Å². The van der Waals surface area contributed by atoms with Crippen LogP contribution in [0.25, 0.3) is 11.3 Å². The number of carboxylic acids is 1. The molecule has 1 aliphatic rings. The Hall–Kier alpha value is -3.93. The molecule has 8 nitrogen and oxygen atoms in total. The third kappa shape index (κ3) is 6.10. The summed E-state index contributed by atoms with van der Waals surface area (Å²) in [6.45, 7) is 0.962. The normalized spacial score (nSPS) is 17.6. The van der Waals surface area contributed by atoms with Crippen LogP contribution in [0.2, 0.25) is 0 Å². The van der Waals surface area contributed by atoms with Crippen LogP contribution in [0.5, 0.6) is 0 Å². The summed E-state index contributed by atoms with van der Waals surface area (Å²) in [5, 5.41) is 13.7. The minimum absolute atomic E-state index is 0.272. The SMILES string of the molecule is NC1(c2ccccc2)CCN(C(=O)Nc2cc(-c3cccc(F)c3)on2)C1.O=C(O)C(F)(F)F. The molecule has 0 spiro atoms. The number of aliphatic carboxylic acids is 1. The summed E-state index contributed by atoms with van der Waals surface area (Å²) in [4.78, 5) is 23.1. The molecule has 1 atom stereocenters. The van der Waals surface area contributed by atoms with E-state index >= 15 is 0 Å². The minimum Gasteiger partial charge on any atom is -0.475 e. The molecule has 0 bridgehead atoms. The predicted octanol–water partition coefficient (Wildman–Crippen LogP) is 4.21. The zero-order chi connectivity index (χ0) is 24.9. The standard InChI is InChI=1S/C20H19FN4O2.C2HF3O2/c21-16-8-4-5-14(11-16)17-12-18(24-27-17)23-19(26)25-10-9-20(22,13-25)15-6-2-1-3-7-15;3-2(4,5)1(6)7/h1-8,11-12H,9-10,13,22H2,(H,23,24,26);(H,6,7). The topological polar surface area (TPSA) is 122 Å². The van der Waals surface area contributed by atoms with Gasteiger partial charge < -0.3 is 20.3 Å². The van der Waals surface area contributed by atoms with E-state index in [-0.39, 0.29) is 17.7 Å². The molecule has 34 heavy (non-hydrogen) atoms. The molecular weight excluding hydrogens is 460 g/mol. The lowest BCUT2D eigenvalue weighted by Gasteiger charge is -2.25. The number of likely N-dealkylation sites (tertiary alicyclic amines) is 1. The number of halogens is 4. The highest BCUT2D eigenvalue weighted by molar-refractivity contribution is 5.89. The number of hydrogen-bond donors (Lipinski definition) is 3. The summed E-state index contributed by atoms with van der Waals surface area (Å²) in [7, 11) is 0. The van der Waals surface area contributed by atoms with Crippen LogP contribution in [0.15, 0.2) is 65.2 Å². The van der Waals surface area contributed by atoms with Crippen LogP contribution in [-0.2, 0) is 10.3 Å². The van der Waals surface area contributed by atoms with E-state index < -0.39 is 17.7 Å². The highest BCUT2D eigenvalue weighted by atomic mass is 19.4. The van der Waals surface area contributed by atoms with E-state index in [1.165, 1.54) is 12.1 Å². The smallest absolute Gasteiger partial charge is 0.475 e. The lowest BCUT2D eigenvalue weighted by Crippen LogP contribution is -2.42. The lowest BCUT2D eigenvalue weighted by atomic mass is 9.90. The fourth-order valence-corrected chi connectivity index (χ4v) is 3.31. The molecule has 4 N–H and O–H groups in total. The number of carbonyl (C=O) groups is 2. The second kappa shape index (κ2) is 9.91. The Morgan fingerprint density at radius 1 is 1.12 bits per heavy atom. The van der Waals surface area contributed by atoms with Crippen LogP contribution < -0.4 is 11.1 Å². The lowest BCUT2D eigenvalue weighted by molar-refractivity contribution is -0.192. The Balaban J connectivity index is 0.000000406. The Morgan fingerprint density at radius 2 is 1.79 bits per heavy atom. The highest BCUT2D eigenvalue weighted by Gasteiger charge is 2.39. The van der Waals surface area contributed by atoms with Crippen molar-refractivity contribution >= 4 is 17.8 Å². The van der Waals surface area contributed by atoms with Gasteiger partial charge in [0.15, 0.2) is 11.6 Å². The van der Waals surface area contributed by atoms with E-state index in [0.29, 0.717) is 30.8 Å². The molecule has 12 heteroatoms. The van der Waals surface area contributed by atoms with Crippen LogP contribution in [0.4, 0.5) is 28.2 Å². The third-order valence-corrected chi connectivity index (χ3v) is 5.03. The Labute approximate surface area is 190 Å². The van der Waals surface area contributed by atoms with Crippen molar-refractivity contribution in [1.29, 1.82) is 0 Å². The Bertz CT molecular complexity index is 1150. The van der Waals surface area contributed by atoms with Gasteiger partial charge in [-0.15, -0.1) is 0 Å². The summed E-state index contributed by atoms with van der Waals surface area (Å²) < 4.78 is 50.3. The highest BCUT2D eigenvalue weighted by Crippen LogP contribution is 2.30. The average molecular weight is 480 g/mol. The van der Waals surface area contributed by atoms with E-state index in [1.807, 2.05) is 30.3 Å². The number of hydrogen-bond acceptors (Lipinski definition) is 5. The van der Waals surface area contributed by atoms with Crippen LogP contribution in [-0.4, -0.2) is 46.4 Å². The van der Waals surface area contributed by atoms with Crippen molar-refractivity contribution < 1.29 is 36.8 Å². The van der Waals surface area contributed by atoms with Gasteiger partial charge in [0.05, 0.1) is 5.54 Å². The van der Waals surface area contributed by atoms with Gasteiger partial charge in [0.25, 0.3) is 0 Å². The van der Waals surface area contributed by atoms with Gasteiger partial charge in [0, 0.05) is 24.7 Å². The number of aromatic nitrogens is 1. The molecule has 0 aliphatic carbocycles. The molecular formula is C22H20F4N4O4. The van der Waals surface area contributed by atoms with Gasteiger partial charge in [-0.05, 0) is 24.1 Å². The van der Waals surface area contributed by atoms with Crippen molar-refractivity contribution in [3.63, 3.8) is 0 Å². The molecule has 1 fully saturated rings. The Kier molecular flexibility index (Phi) is 7.20. The number of nitrogens with one attached hydrogen (secondary N) is 1. The number of anilines is 1. The molecule has 2 aromatic carbocycles. The number of urea groups is 1. The van der Waals surface area contributed by atoms with Crippen molar-refractivity contribution in [3.05, 3.63) is 72.0 Å². The molecule has 180 valence electrons. The van der Waals surface area contributed by atoms with E-state index in [2.05, 4.69) is 10.5 Å². The predicted molar refractivity (Wildman–Crippen MR) is 113 cm³/mol. The monoisotopic (exact) mass is 480 g/mol. The average Bonchev–Trinajstić information content (AvgIpc) is 3.42. The molecule has 1 unspecified atom stereocenters. The van der Waals surface area contributed by atoms with Crippen LogP contribution >= 0.6 is 0 Å². The van der Waals surface area contributed by atoms with Crippen LogP contribution in [0, 0.1) is 5.82 Å². The van der Waals surface area contributed by atoms with Crippen LogP contribution in [0.1, 0.15) is 12.0 Å². The summed E-state index contributed by atoms with van der Waals surface area (Å²) in [6.07, 6.45) is -4.40. The van der Waals surface area contributed by atoms with E-state index in [1.54, 1.807) is 23.1 Å². The summed E-state index contributed by atoms with van der Waals surface area (Å²) in [6, 6.07) is 17.0. The maximum absolute atomic E-state index is 13.3. The number of nitrogens with two attached hydrogens (primary N) is 1. The van der Waals surface area contributed by atoms with E-state index in [0.717, 1.165) is 5.56 Å². The van der Waals surface area contributed by atoms with Crippen molar-refractivity contribution in [2.45, 2.75) is 18.1 Å². The van der Waals surface area contributed by atoms with Gasteiger partial charge in [-0.25, -0.2) is 14.0 Å². The first-order valence-corrected chi connectivity index (χ1v) is 9.91. The number of rotatable bonds is 3. The molecule has 0 saturated carbocycles. The third-order valence-electron chi connectivity index (χ3n) is 5.03. The molecule has 4 rings (SSSR count). The number of alkyl halides is 3. The number of benzene rings is 2. The zero-order valence-corrected chi connectivity index (χ0v) is 17.6. The van der Waals surface area contributed by atoms with E-state index in [4.69, 9.17) is 20.2 Å². The van der Waals surface area contributed by atoms with Gasteiger partial charge in [0.1, 0.15) is 5.82 Å². The first kappa shape index (κ1) is 24.7. The number of carbonyl (C=O) groups excluding carboxylic acids is 1. The Morgan fingerprint density at radius 3 is 2.41 bits per heavy atom. The molecule has 1 saturated heterocycles. The van der Waals surface area contributed by atoms with Gasteiger partial charge in [0.2, 0.25) is 0 Å². The van der Waals surface area contributed by atoms with Crippen LogP contribution in [0.3, 0.4) is 0 Å². The van der Waals surface area contributed by atoms with E-state index in [9.17, 15) is 22.4 Å². The summed E-state index contributed by atoms with van der Waals surface area (Å²) in [5.41, 5.74) is 7.50. The molecule has 2 amide bonds. The largest absolute Gasteiger partial charge is 0.490 e. The first-order chi connectivity index (χ1) is 16.0. The minimum atomic E-state index is -5.08. The van der Waals surface area contributed by atoms with Gasteiger partial charge in [-0.1, -0.05) is 47.6 Å². The van der Waals surface area contributed by atoms with Gasteiger partial charge in [-0.2, -0.15) is 13.2 Å². The maximum Gasteiger partial charge on any atom is 0.490 e. The summed E-state index contributed by atoms with van der Waals surface area (Å²) in [5.74, 6) is -2.48. The second-order valence-corrected chi connectivity index (χ2v) is 7.51. The van der Waals surface area contributed by atoms with Crippen molar-refractivity contribution in [2.75, 3.05) is 18.4 Å². The second-order valence-electron chi connectivity index (χ2n) is 7.51. The fourth-order valence-electron chi connectivity index (χ4n) is 3.31. The molecule has 2 heterocycles. The van der Waals surface area contributed by atoms with Crippen molar-refractivity contribution in [3.8, 4) is 11.3 Å². The number of nitrogens with zero attached hydrogens (tertiary/aromatic N) is 2. The zero-order valence-electron chi connectivity index (χ0n) is 17.6. The summed E-state index contributed by atoms with van der Waals surface area (Å²) >= 11 is 0. The molecule has 1 aromatic heterocycles. The fraction of sp³-hybridized carbons (Fsp3) is 0.227. The molecule has 1 aliphatic heterocycles. The number of amides is 2. The van der Waals surface area contributed by atoms with Gasteiger partial charge in [-0.3, -0.25) is 5.32 Å². The van der Waals surface area contributed by atoms with Crippen molar-refractivity contribution in [1.82, 2.24) is 10.1 Å². The van der Waals surface area contributed by atoms with Gasteiger partial charge >= 0.3 is 18.2 Å². The first-order valence-electron chi connectivity index (χ1n) is 9.91. The maximum atomic E-state index is 13.3. The molecule has 3 aromatic rings.